The summed E-state index contributed by atoms with van der Waals surface area (Å²) < 4.78 is 7.58. The quantitative estimate of drug-likeness (QED) is 0.445. The van der Waals surface area contributed by atoms with Crippen LogP contribution in [0.25, 0.3) is 10.9 Å². The average molecular weight is 446 g/mol. The van der Waals surface area contributed by atoms with Crippen molar-refractivity contribution in [2.75, 3.05) is 6.61 Å². The fourth-order valence-corrected chi connectivity index (χ4v) is 4.36. The molecule has 4 aromatic rings. The number of ether oxygens (including phenoxy) is 1. The molecule has 0 aliphatic carbocycles. The van der Waals surface area contributed by atoms with Crippen molar-refractivity contribution in [2.24, 2.45) is 0 Å². The molecule has 0 radical (unpaired) electrons. The van der Waals surface area contributed by atoms with Crippen molar-refractivity contribution in [1.82, 2.24) is 35.1 Å². The molecule has 33 heavy (non-hydrogen) atoms. The zero-order valence-corrected chi connectivity index (χ0v) is 18.6. The van der Waals surface area contributed by atoms with Crippen LogP contribution >= 0.6 is 0 Å². The van der Waals surface area contributed by atoms with Crippen LogP contribution in [0.5, 0.6) is 0 Å². The monoisotopic (exact) mass is 445 g/mol. The minimum absolute atomic E-state index is 0.0769. The topological polar surface area (TPSA) is 102 Å². The molecule has 5 rings (SSSR count). The maximum atomic E-state index is 12.9. The van der Waals surface area contributed by atoms with Gasteiger partial charge < -0.3 is 9.72 Å². The molecule has 0 bridgehead atoms. The normalized spacial score (nSPS) is 16.1. The fraction of sp³-hybridized carbons (Fsp3) is 0.375. The molecular formula is C24H27N7O2. The number of pyridine rings is 2. The van der Waals surface area contributed by atoms with Crippen LogP contribution < -0.4 is 5.56 Å². The van der Waals surface area contributed by atoms with Gasteiger partial charge in [-0.05, 0) is 58.8 Å². The molecule has 0 spiro atoms. The van der Waals surface area contributed by atoms with Gasteiger partial charge in [0.25, 0.3) is 5.56 Å². The number of hydrogen-bond acceptors (Lipinski definition) is 7. The SMILES string of the molecule is Cc1cccc2cc(CN(Cc3cccnc3)Cc3nnnn3C[C@@H]3CCCO3)c(=O)[nH]c12. The van der Waals surface area contributed by atoms with Gasteiger partial charge in [0.05, 0.1) is 24.7 Å². The Labute approximate surface area is 191 Å². The second-order valence-corrected chi connectivity index (χ2v) is 8.58. The van der Waals surface area contributed by atoms with Crippen molar-refractivity contribution in [3.05, 3.63) is 81.7 Å². The number of aromatic nitrogens is 6. The van der Waals surface area contributed by atoms with Crippen molar-refractivity contribution in [3.8, 4) is 0 Å². The summed E-state index contributed by atoms with van der Waals surface area (Å²) in [5.74, 6) is 0.752. The molecule has 9 heteroatoms. The molecule has 9 nitrogen and oxygen atoms in total. The Hall–Kier alpha value is -3.43. The summed E-state index contributed by atoms with van der Waals surface area (Å²) in [6, 6.07) is 12.0. The largest absolute Gasteiger partial charge is 0.376 e. The van der Waals surface area contributed by atoms with Gasteiger partial charge in [0.15, 0.2) is 5.82 Å². The van der Waals surface area contributed by atoms with Crippen LogP contribution in [0.15, 0.2) is 53.6 Å². The lowest BCUT2D eigenvalue weighted by molar-refractivity contribution is 0.0914. The first-order chi connectivity index (χ1) is 16.2. The minimum atomic E-state index is -0.0769. The Kier molecular flexibility index (Phi) is 6.23. The van der Waals surface area contributed by atoms with Gasteiger partial charge in [-0.15, -0.1) is 5.10 Å². The molecule has 1 aromatic carbocycles. The third-order valence-electron chi connectivity index (χ3n) is 6.06. The summed E-state index contributed by atoms with van der Waals surface area (Å²) in [5.41, 5.74) is 3.62. The number of H-pyrrole nitrogens is 1. The predicted molar refractivity (Wildman–Crippen MR) is 123 cm³/mol. The molecule has 1 N–H and O–H groups in total. The fourth-order valence-electron chi connectivity index (χ4n) is 4.36. The molecule has 1 fully saturated rings. The molecule has 0 saturated carbocycles. The molecule has 170 valence electrons. The standard InChI is InChI=1S/C24H27N7O2/c1-17-5-2-7-19-11-20(24(32)26-23(17)19)14-30(13-18-6-3-9-25-12-18)16-22-27-28-29-31(22)15-21-8-4-10-33-21/h2-3,5-7,9,11-12,21H,4,8,10,13-16H2,1H3,(H,26,32)/t21-/m0/s1. The van der Waals surface area contributed by atoms with E-state index in [9.17, 15) is 4.79 Å². The van der Waals surface area contributed by atoms with Gasteiger partial charge in [-0.1, -0.05) is 24.3 Å². The number of fused-ring (bicyclic) bond motifs is 1. The van der Waals surface area contributed by atoms with Gasteiger partial charge in [-0.25, -0.2) is 4.68 Å². The van der Waals surface area contributed by atoms with Crippen molar-refractivity contribution in [3.63, 3.8) is 0 Å². The first kappa shape index (κ1) is 21.4. The lowest BCUT2D eigenvalue weighted by Gasteiger charge is -2.22. The Morgan fingerprint density at radius 3 is 2.97 bits per heavy atom. The molecule has 1 aliphatic rings. The van der Waals surface area contributed by atoms with E-state index in [1.165, 1.54) is 0 Å². The summed E-state index contributed by atoms with van der Waals surface area (Å²) in [6.45, 7) is 5.01. The number of nitrogens with zero attached hydrogens (tertiary/aromatic N) is 6. The summed E-state index contributed by atoms with van der Waals surface area (Å²) >= 11 is 0. The Bertz CT molecular complexity index is 1280. The Morgan fingerprint density at radius 1 is 1.21 bits per heavy atom. The van der Waals surface area contributed by atoms with Gasteiger partial charge in [0, 0.05) is 37.7 Å². The van der Waals surface area contributed by atoms with Gasteiger partial charge in [0.1, 0.15) is 0 Å². The molecule has 1 saturated heterocycles. The second-order valence-electron chi connectivity index (χ2n) is 8.58. The van der Waals surface area contributed by atoms with Crippen LogP contribution in [-0.2, 0) is 30.9 Å². The highest BCUT2D eigenvalue weighted by Crippen LogP contribution is 2.18. The number of rotatable bonds is 8. The molecule has 1 atom stereocenters. The smallest absolute Gasteiger partial charge is 0.252 e. The second kappa shape index (κ2) is 9.60. The molecule has 3 aromatic heterocycles. The van der Waals surface area contributed by atoms with E-state index < -0.39 is 0 Å². The van der Waals surface area contributed by atoms with E-state index in [2.05, 4.69) is 30.4 Å². The summed E-state index contributed by atoms with van der Waals surface area (Å²) in [7, 11) is 0. The predicted octanol–water partition coefficient (Wildman–Crippen LogP) is 2.60. The van der Waals surface area contributed by atoms with Crippen LogP contribution in [0.3, 0.4) is 0 Å². The Morgan fingerprint density at radius 2 is 2.15 bits per heavy atom. The van der Waals surface area contributed by atoms with Crippen LogP contribution in [-0.4, -0.2) is 47.8 Å². The molecular weight excluding hydrogens is 418 g/mol. The molecule has 1 aliphatic heterocycles. The number of aromatic amines is 1. The number of benzene rings is 1. The highest BCUT2D eigenvalue weighted by molar-refractivity contribution is 5.81. The van der Waals surface area contributed by atoms with Crippen molar-refractivity contribution in [2.45, 2.75) is 52.0 Å². The van der Waals surface area contributed by atoms with Gasteiger partial charge in [-0.3, -0.25) is 14.7 Å². The molecule has 4 heterocycles. The number of nitrogens with one attached hydrogen (secondary N) is 1. The van der Waals surface area contributed by atoms with Crippen molar-refractivity contribution >= 4 is 10.9 Å². The first-order valence-corrected chi connectivity index (χ1v) is 11.2. The highest BCUT2D eigenvalue weighted by Gasteiger charge is 2.21. The third kappa shape index (κ3) is 4.99. The average Bonchev–Trinajstić information content (AvgIpc) is 3.48. The maximum Gasteiger partial charge on any atom is 0.252 e. The number of aryl methyl sites for hydroxylation is 1. The van der Waals surface area contributed by atoms with Crippen LogP contribution in [0.1, 0.15) is 35.4 Å². The Balaban J connectivity index is 1.42. The number of tetrazole rings is 1. The van der Waals surface area contributed by atoms with E-state index in [0.717, 1.165) is 47.3 Å². The first-order valence-electron chi connectivity index (χ1n) is 11.2. The van der Waals surface area contributed by atoms with E-state index in [0.29, 0.717) is 31.7 Å². The zero-order valence-electron chi connectivity index (χ0n) is 18.6. The molecule has 0 amide bonds. The van der Waals surface area contributed by atoms with Crippen LogP contribution in [0, 0.1) is 6.92 Å². The zero-order chi connectivity index (χ0) is 22.6. The number of hydrogen-bond donors (Lipinski definition) is 1. The summed E-state index contributed by atoms with van der Waals surface area (Å²) in [4.78, 5) is 22.4. The lowest BCUT2D eigenvalue weighted by Crippen LogP contribution is -2.29. The van der Waals surface area contributed by atoms with Crippen molar-refractivity contribution in [1.29, 1.82) is 0 Å². The van der Waals surface area contributed by atoms with Gasteiger partial charge in [-0.2, -0.15) is 0 Å². The highest BCUT2D eigenvalue weighted by atomic mass is 16.5. The molecule has 0 unspecified atom stereocenters. The number of para-hydroxylation sites is 1. The van der Waals surface area contributed by atoms with E-state index in [1.54, 1.807) is 6.20 Å². The third-order valence-corrected chi connectivity index (χ3v) is 6.06. The van der Waals surface area contributed by atoms with E-state index in [-0.39, 0.29) is 11.7 Å². The van der Waals surface area contributed by atoms with Gasteiger partial charge >= 0.3 is 0 Å². The van der Waals surface area contributed by atoms with E-state index in [4.69, 9.17) is 4.74 Å². The summed E-state index contributed by atoms with van der Waals surface area (Å²) in [5, 5.41) is 13.4. The van der Waals surface area contributed by atoms with Gasteiger partial charge in [0.2, 0.25) is 0 Å². The summed E-state index contributed by atoms with van der Waals surface area (Å²) in [6.07, 6.45) is 5.83. The lowest BCUT2D eigenvalue weighted by atomic mass is 10.1. The maximum absolute atomic E-state index is 12.9. The van der Waals surface area contributed by atoms with Crippen LogP contribution in [0.4, 0.5) is 0 Å². The van der Waals surface area contributed by atoms with E-state index in [1.807, 2.05) is 54.2 Å². The van der Waals surface area contributed by atoms with Crippen molar-refractivity contribution < 1.29 is 4.74 Å². The van der Waals surface area contributed by atoms with Crippen LogP contribution in [0.2, 0.25) is 0 Å². The van der Waals surface area contributed by atoms with E-state index >= 15 is 0 Å². The minimum Gasteiger partial charge on any atom is -0.376 e.